The normalized spacial score (nSPS) is 15.6. The van der Waals surface area contributed by atoms with E-state index >= 15 is 0 Å². The van der Waals surface area contributed by atoms with E-state index < -0.39 is 0 Å². The van der Waals surface area contributed by atoms with E-state index in [0.29, 0.717) is 0 Å². The largest absolute Gasteiger partial charge is 0.383 e. The van der Waals surface area contributed by atoms with Crippen molar-refractivity contribution in [2.75, 3.05) is 0 Å². The zero-order valence-corrected chi connectivity index (χ0v) is 12.1. The Morgan fingerprint density at radius 3 is 2.19 bits per heavy atom. The van der Waals surface area contributed by atoms with Crippen molar-refractivity contribution in [1.29, 1.82) is 0 Å². The van der Waals surface area contributed by atoms with Crippen LogP contribution in [0.2, 0.25) is 0 Å². The van der Waals surface area contributed by atoms with Gasteiger partial charge in [0.2, 0.25) is 12.4 Å². The number of rotatable bonds is 3. The zero-order chi connectivity index (χ0) is 14.5. The maximum absolute atomic E-state index is 12.1. The first-order chi connectivity index (χ1) is 10.3. The van der Waals surface area contributed by atoms with Gasteiger partial charge in [0.05, 0.1) is 5.92 Å². The molecule has 0 saturated heterocycles. The summed E-state index contributed by atoms with van der Waals surface area (Å²) in [6, 6.07) is 14.1. The van der Waals surface area contributed by atoms with Crippen molar-refractivity contribution in [2.24, 2.45) is 5.92 Å². The van der Waals surface area contributed by atoms with Crippen molar-refractivity contribution in [1.82, 2.24) is 0 Å². The minimum atomic E-state index is -0.104. The van der Waals surface area contributed by atoms with E-state index in [0.717, 1.165) is 36.8 Å². The molecule has 1 saturated carbocycles. The first-order valence-electron chi connectivity index (χ1n) is 7.62. The molecule has 3 rings (SSSR count). The second-order valence-corrected chi connectivity index (χ2v) is 5.56. The predicted octanol–water partition coefficient (Wildman–Crippen LogP) is 3.18. The number of pyridine rings is 1. The molecule has 0 atom stereocenters. The van der Waals surface area contributed by atoms with Crippen LogP contribution in [0.1, 0.15) is 32.1 Å². The van der Waals surface area contributed by atoms with Crippen LogP contribution >= 0.6 is 0 Å². The Labute approximate surface area is 125 Å². The van der Waals surface area contributed by atoms with Gasteiger partial charge in [-0.1, -0.05) is 49.6 Å². The van der Waals surface area contributed by atoms with Crippen molar-refractivity contribution in [3.8, 4) is 11.1 Å². The highest BCUT2D eigenvalue weighted by molar-refractivity contribution is 5.72. The van der Waals surface area contributed by atoms with Gasteiger partial charge in [-0.15, -0.1) is 0 Å². The van der Waals surface area contributed by atoms with Crippen LogP contribution in [-0.4, -0.2) is 5.97 Å². The molecule has 0 radical (unpaired) electrons. The lowest BCUT2D eigenvalue weighted by Crippen LogP contribution is -2.47. The monoisotopic (exact) mass is 282 g/mol. The van der Waals surface area contributed by atoms with Crippen molar-refractivity contribution < 1.29 is 14.4 Å². The van der Waals surface area contributed by atoms with E-state index in [-0.39, 0.29) is 11.9 Å². The first kappa shape index (κ1) is 13.8. The molecule has 1 aromatic carbocycles. The summed E-state index contributed by atoms with van der Waals surface area (Å²) in [6.07, 6.45) is 9.02. The fraction of sp³-hybridized carbons (Fsp3) is 0.333. The highest BCUT2D eigenvalue weighted by Gasteiger charge is 2.26. The van der Waals surface area contributed by atoms with Crippen LogP contribution < -0.4 is 9.57 Å². The summed E-state index contributed by atoms with van der Waals surface area (Å²) in [5.74, 6) is -0.0350. The van der Waals surface area contributed by atoms with Gasteiger partial charge < -0.3 is 0 Å². The number of nitrogens with zero attached hydrogens (tertiary/aromatic N) is 1. The van der Waals surface area contributed by atoms with Crippen LogP contribution in [-0.2, 0) is 4.79 Å². The van der Waals surface area contributed by atoms with Crippen LogP contribution in [0.5, 0.6) is 0 Å². The molecule has 1 fully saturated rings. The maximum atomic E-state index is 12.1. The molecule has 0 N–H and O–H groups in total. The Kier molecular flexibility index (Phi) is 4.29. The second-order valence-electron chi connectivity index (χ2n) is 5.56. The van der Waals surface area contributed by atoms with Crippen LogP contribution in [0.4, 0.5) is 0 Å². The summed E-state index contributed by atoms with van der Waals surface area (Å²) in [5, 5.41) is 0. The lowest BCUT2D eigenvalue weighted by Gasteiger charge is -2.17. The van der Waals surface area contributed by atoms with E-state index in [2.05, 4.69) is 12.1 Å². The van der Waals surface area contributed by atoms with E-state index in [1.807, 2.05) is 30.3 Å². The van der Waals surface area contributed by atoms with Gasteiger partial charge in [0.25, 0.3) is 0 Å². The van der Waals surface area contributed by atoms with E-state index in [9.17, 15) is 4.79 Å². The van der Waals surface area contributed by atoms with E-state index in [1.165, 1.54) is 11.2 Å². The fourth-order valence-corrected chi connectivity index (χ4v) is 2.81. The third kappa shape index (κ3) is 3.48. The molecule has 0 bridgehead atoms. The van der Waals surface area contributed by atoms with Crippen LogP contribution in [0.25, 0.3) is 11.1 Å². The zero-order valence-electron chi connectivity index (χ0n) is 12.1. The van der Waals surface area contributed by atoms with Gasteiger partial charge in [-0.2, -0.15) is 4.84 Å². The number of carbonyl (C=O) groups excluding carboxylic acids is 1. The maximum Gasteiger partial charge on any atom is 0.383 e. The standard InChI is InChI=1S/C18H20NO2/c20-18(17-9-5-2-6-10-17)21-19-13-11-16(12-14-19)15-7-3-1-4-8-15/h1,3-4,7-8,11-14,17H,2,5-6,9-10H2/q+1. The van der Waals surface area contributed by atoms with Gasteiger partial charge in [0.15, 0.2) is 0 Å². The summed E-state index contributed by atoms with van der Waals surface area (Å²) in [4.78, 5) is 17.5. The van der Waals surface area contributed by atoms with Gasteiger partial charge in [-0.3, -0.25) is 0 Å². The summed E-state index contributed by atoms with van der Waals surface area (Å²) in [6.45, 7) is 0. The summed E-state index contributed by atoms with van der Waals surface area (Å²) < 4.78 is 1.50. The number of aromatic nitrogens is 1. The Hall–Kier alpha value is -2.16. The van der Waals surface area contributed by atoms with Gasteiger partial charge in [0.1, 0.15) is 0 Å². The topological polar surface area (TPSA) is 30.2 Å². The number of benzene rings is 1. The minimum absolute atomic E-state index is 0.0695. The smallest absolute Gasteiger partial charge is 0.244 e. The van der Waals surface area contributed by atoms with Crippen molar-refractivity contribution in [2.45, 2.75) is 32.1 Å². The average molecular weight is 282 g/mol. The third-order valence-electron chi connectivity index (χ3n) is 4.04. The molecule has 108 valence electrons. The highest BCUT2D eigenvalue weighted by Crippen LogP contribution is 2.23. The lowest BCUT2D eigenvalue weighted by molar-refractivity contribution is -0.870. The Morgan fingerprint density at radius 2 is 1.52 bits per heavy atom. The van der Waals surface area contributed by atoms with Gasteiger partial charge in [-0.25, -0.2) is 4.79 Å². The molecule has 3 nitrogen and oxygen atoms in total. The van der Waals surface area contributed by atoms with Gasteiger partial charge in [-0.05, 0) is 24.0 Å². The van der Waals surface area contributed by atoms with E-state index in [1.54, 1.807) is 12.4 Å². The molecule has 1 heterocycles. The third-order valence-corrected chi connectivity index (χ3v) is 4.04. The predicted molar refractivity (Wildman–Crippen MR) is 80.2 cm³/mol. The van der Waals surface area contributed by atoms with Crippen molar-refractivity contribution in [3.63, 3.8) is 0 Å². The molecule has 1 aromatic heterocycles. The van der Waals surface area contributed by atoms with Gasteiger partial charge >= 0.3 is 5.97 Å². The Morgan fingerprint density at radius 1 is 0.905 bits per heavy atom. The SMILES string of the molecule is O=C(O[n+]1ccc(-c2ccccc2)cc1)C1CCCCC1. The summed E-state index contributed by atoms with van der Waals surface area (Å²) in [7, 11) is 0. The molecule has 1 aliphatic rings. The van der Waals surface area contributed by atoms with Crippen molar-refractivity contribution >= 4 is 5.97 Å². The first-order valence-corrected chi connectivity index (χ1v) is 7.62. The fourth-order valence-electron chi connectivity index (χ4n) is 2.81. The highest BCUT2D eigenvalue weighted by atomic mass is 16.7. The molecule has 3 heteroatoms. The van der Waals surface area contributed by atoms with Crippen molar-refractivity contribution in [3.05, 3.63) is 54.9 Å². The lowest BCUT2D eigenvalue weighted by atomic mass is 9.89. The van der Waals surface area contributed by atoms with Crippen LogP contribution in [0.15, 0.2) is 54.9 Å². The summed E-state index contributed by atoms with van der Waals surface area (Å²) >= 11 is 0. The molecule has 21 heavy (non-hydrogen) atoms. The molecular weight excluding hydrogens is 262 g/mol. The molecule has 2 aromatic rings. The molecule has 0 aliphatic heterocycles. The number of hydrogen-bond acceptors (Lipinski definition) is 2. The number of carbonyl (C=O) groups is 1. The molecule has 0 amide bonds. The van der Waals surface area contributed by atoms with Crippen LogP contribution in [0.3, 0.4) is 0 Å². The van der Waals surface area contributed by atoms with Gasteiger partial charge in [0, 0.05) is 16.9 Å². The quantitative estimate of drug-likeness (QED) is 0.809. The molecule has 0 spiro atoms. The molecule has 0 unspecified atom stereocenters. The molecular formula is C18H20NO2+. The Balaban J connectivity index is 1.65. The van der Waals surface area contributed by atoms with Crippen LogP contribution in [0, 0.1) is 5.92 Å². The minimum Gasteiger partial charge on any atom is -0.244 e. The molecule has 1 aliphatic carbocycles. The summed E-state index contributed by atoms with van der Waals surface area (Å²) in [5.41, 5.74) is 2.27. The van der Waals surface area contributed by atoms with E-state index in [4.69, 9.17) is 4.84 Å². The second kappa shape index (κ2) is 6.53. The Bertz CT molecular complexity index is 586. The average Bonchev–Trinajstić information content (AvgIpc) is 2.57. The number of hydrogen-bond donors (Lipinski definition) is 0.